The SMILES string of the molecule is Cc1ccc(S(=O)(=O)O)c2c(=O)n(C)c(=O)[nH]c12. The number of nitrogens with one attached hydrogen (secondary N) is 1. The highest BCUT2D eigenvalue weighted by Gasteiger charge is 2.19. The molecule has 7 nitrogen and oxygen atoms in total. The van der Waals surface area contributed by atoms with Crippen LogP contribution in [0.15, 0.2) is 26.6 Å². The van der Waals surface area contributed by atoms with Gasteiger partial charge in [-0.2, -0.15) is 8.42 Å². The Morgan fingerprint density at radius 1 is 1.28 bits per heavy atom. The van der Waals surface area contributed by atoms with Crippen molar-refractivity contribution in [1.29, 1.82) is 0 Å². The summed E-state index contributed by atoms with van der Waals surface area (Å²) in [5, 5.41) is -0.223. The van der Waals surface area contributed by atoms with Crippen LogP contribution in [0.25, 0.3) is 10.9 Å². The smallest absolute Gasteiger partial charge is 0.306 e. The normalized spacial score (nSPS) is 11.9. The van der Waals surface area contributed by atoms with Crippen molar-refractivity contribution in [3.63, 3.8) is 0 Å². The maximum Gasteiger partial charge on any atom is 0.328 e. The minimum absolute atomic E-state index is 0.109. The van der Waals surface area contributed by atoms with E-state index >= 15 is 0 Å². The molecule has 0 aliphatic carbocycles. The molecule has 8 heteroatoms. The van der Waals surface area contributed by atoms with Crippen LogP contribution in [-0.2, 0) is 17.2 Å². The number of H-pyrrole nitrogens is 1. The Kier molecular flexibility index (Phi) is 2.63. The molecule has 0 aliphatic heterocycles. The average Bonchev–Trinajstić information content (AvgIpc) is 2.26. The first-order valence-corrected chi connectivity index (χ1v) is 6.37. The van der Waals surface area contributed by atoms with Gasteiger partial charge in [-0.3, -0.25) is 13.9 Å². The maximum atomic E-state index is 11.9. The number of hydrogen-bond donors (Lipinski definition) is 2. The molecule has 0 aliphatic rings. The van der Waals surface area contributed by atoms with Crippen LogP contribution < -0.4 is 11.2 Å². The van der Waals surface area contributed by atoms with Crippen LogP contribution >= 0.6 is 0 Å². The number of aryl methyl sites for hydroxylation is 1. The summed E-state index contributed by atoms with van der Waals surface area (Å²) in [6, 6.07) is 2.54. The van der Waals surface area contributed by atoms with Crippen LogP contribution in [0.4, 0.5) is 0 Å². The molecule has 0 amide bonds. The molecule has 0 spiro atoms. The summed E-state index contributed by atoms with van der Waals surface area (Å²) in [6.45, 7) is 1.62. The fraction of sp³-hybridized carbons (Fsp3) is 0.200. The molecule has 0 bridgehead atoms. The van der Waals surface area contributed by atoms with Gasteiger partial charge >= 0.3 is 5.69 Å². The Morgan fingerprint density at radius 3 is 2.44 bits per heavy atom. The molecule has 1 heterocycles. The van der Waals surface area contributed by atoms with E-state index in [2.05, 4.69) is 4.98 Å². The molecular weight excluding hydrogens is 260 g/mol. The van der Waals surface area contributed by atoms with Gasteiger partial charge in [-0.05, 0) is 18.6 Å². The van der Waals surface area contributed by atoms with Crippen LogP contribution in [0.1, 0.15) is 5.56 Å². The number of hydrogen-bond acceptors (Lipinski definition) is 4. The molecule has 0 saturated heterocycles. The minimum Gasteiger partial charge on any atom is -0.306 e. The van der Waals surface area contributed by atoms with E-state index in [1.807, 2.05) is 0 Å². The Morgan fingerprint density at radius 2 is 1.89 bits per heavy atom. The molecule has 0 saturated carbocycles. The highest BCUT2D eigenvalue weighted by Crippen LogP contribution is 2.20. The van der Waals surface area contributed by atoms with E-state index in [1.54, 1.807) is 6.92 Å². The zero-order valence-electron chi connectivity index (χ0n) is 9.59. The van der Waals surface area contributed by atoms with E-state index in [9.17, 15) is 18.0 Å². The van der Waals surface area contributed by atoms with Crippen molar-refractivity contribution in [2.75, 3.05) is 0 Å². The van der Waals surface area contributed by atoms with Gasteiger partial charge in [-0.15, -0.1) is 0 Å². The van der Waals surface area contributed by atoms with E-state index in [4.69, 9.17) is 4.55 Å². The van der Waals surface area contributed by atoms with E-state index in [0.29, 0.717) is 5.56 Å². The summed E-state index contributed by atoms with van der Waals surface area (Å²) < 4.78 is 32.3. The van der Waals surface area contributed by atoms with Gasteiger partial charge in [0.15, 0.2) is 0 Å². The monoisotopic (exact) mass is 270 g/mol. The second-order valence-corrected chi connectivity index (χ2v) is 5.29. The van der Waals surface area contributed by atoms with Gasteiger partial charge in [0.1, 0.15) is 4.90 Å². The zero-order chi connectivity index (χ0) is 13.7. The lowest BCUT2D eigenvalue weighted by Crippen LogP contribution is -2.33. The van der Waals surface area contributed by atoms with Crippen molar-refractivity contribution in [2.24, 2.45) is 7.05 Å². The molecule has 2 aromatic rings. The molecule has 0 radical (unpaired) electrons. The molecule has 2 N–H and O–H groups in total. The van der Waals surface area contributed by atoms with Gasteiger partial charge in [0, 0.05) is 7.05 Å². The molecule has 1 aromatic carbocycles. The fourth-order valence-electron chi connectivity index (χ4n) is 1.73. The van der Waals surface area contributed by atoms with Crippen molar-refractivity contribution < 1.29 is 13.0 Å². The lowest BCUT2D eigenvalue weighted by Gasteiger charge is -2.07. The Bertz CT molecular complexity index is 860. The summed E-state index contributed by atoms with van der Waals surface area (Å²) in [7, 11) is -3.31. The number of aromatic nitrogens is 2. The quantitative estimate of drug-likeness (QED) is 0.696. The molecule has 0 atom stereocenters. The van der Waals surface area contributed by atoms with Crippen molar-refractivity contribution >= 4 is 21.0 Å². The minimum atomic E-state index is -4.53. The predicted octanol–water partition coefficient (Wildman–Crippen LogP) is -0.218. The number of nitrogens with zero attached hydrogens (tertiary/aromatic N) is 1. The van der Waals surface area contributed by atoms with E-state index in [0.717, 1.165) is 10.6 Å². The first-order valence-electron chi connectivity index (χ1n) is 4.93. The first-order chi connectivity index (χ1) is 8.23. The lowest BCUT2D eigenvalue weighted by molar-refractivity contribution is 0.484. The van der Waals surface area contributed by atoms with Crippen molar-refractivity contribution in [3.8, 4) is 0 Å². The molecular formula is C10H10N2O5S. The van der Waals surface area contributed by atoms with Crippen LogP contribution in [-0.4, -0.2) is 22.5 Å². The second kappa shape index (κ2) is 3.79. The third-order valence-electron chi connectivity index (χ3n) is 2.71. The Labute approximate surface area is 101 Å². The third kappa shape index (κ3) is 1.75. The topological polar surface area (TPSA) is 109 Å². The third-order valence-corrected chi connectivity index (χ3v) is 3.60. The summed E-state index contributed by atoms with van der Waals surface area (Å²) >= 11 is 0. The summed E-state index contributed by atoms with van der Waals surface area (Å²) in [6.07, 6.45) is 0. The van der Waals surface area contributed by atoms with Gasteiger partial charge in [0.2, 0.25) is 0 Å². The highest BCUT2D eigenvalue weighted by molar-refractivity contribution is 7.86. The van der Waals surface area contributed by atoms with Crippen molar-refractivity contribution in [2.45, 2.75) is 11.8 Å². The molecule has 96 valence electrons. The van der Waals surface area contributed by atoms with Crippen molar-refractivity contribution in [1.82, 2.24) is 9.55 Å². The maximum absolute atomic E-state index is 11.9. The largest absolute Gasteiger partial charge is 0.328 e. The van der Waals surface area contributed by atoms with Gasteiger partial charge in [-0.25, -0.2) is 4.79 Å². The predicted molar refractivity (Wildman–Crippen MR) is 64.4 cm³/mol. The standard InChI is InChI=1S/C10H10N2O5S/c1-5-3-4-6(18(15,16)17)7-8(5)11-10(14)12(2)9(7)13/h3-4H,1-2H3,(H,11,14)(H,15,16,17). The molecule has 2 rings (SSSR count). The Balaban J connectivity index is 3.22. The Hall–Kier alpha value is -1.93. The average molecular weight is 270 g/mol. The van der Waals surface area contributed by atoms with Crippen LogP contribution in [0.5, 0.6) is 0 Å². The molecule has 0 unspecified atom stereocenters. The number of fused-ring (bicyclic) bond motifs is 1. The molecule has 1 aromatic heterocycles. The second-order valence-electron chi connectivity index (χ2n) is 3.90. The first kappa shape index (κ1) is 12.5. The van der Waals surface area contributed by atoms with E-state index in [1.165, 1.54) is 13.1 Å². The summed E-state index contributed by atoms with van der Waals surface area (Å²) in [5.41, 5.74) is -0.779. The lowest BCUT2D eigenvalue weighted by atomic mass is 10.1. The molecule has 18 heavy (non-hydrogen) atoms. The number of rotatable bonds is 1. The van der Waals surface area contributed by atoms with E-state index < -0.39 is 26.3 Å². The summed E-state index contributed by atoms with van der Waals surface area (Å²) in [4.78, 5) is 25.3. The van der Waals surface area contributed by atoms with Crippen molar-refractivity contribution in [3.05, 3.63) is 38.5 Å². The molecule has 0 fully saturated rings. The van der Waals surface area contributed by atoms with Crippen LogP contribution in [0.3, 0.4) is 0 Å². The van der Waals surface area contributed by atoms with E-state index in [-0.39, 0.29) is 10.9 Å². The zero-order valence-corrected chi connectivity index (χ0v) is 10.4. The van der Waals surface area contributed by atoms with Gasteiger partial charge in [-0.1, -0.05) is 6.07 Å². The number of benzene rings is 1. The van der Waals surface area contributed by atoms with Gasteiger partial charge in [0.05, 0.1) is 10.9 Å². The fourth-order valence-corrected chi connectivity index (χ4v) is 2.41. The van der Waals surface area contributed by atoms with Gasteiger partial charge in [0.25, 0.3) is 15.7 Å². The summed E-state index contributed by atoms with van der Waals surface area (Å²) in [5.74, 6) is 0. The number of aromatic amines is 1. The highest BCUT2D eigenvalue weighted by atomic mass is 32.2. The van der Waals surface area contributed by atoms with Gasteiger partial charge < -0.3 is 4.98 Å². The van der Waals surface area contributed by atoms with Crippen LogP contribution in [0.2, 0.25) is 0 Å². The van der Waals surface area contributed by atoms with Crippen LogP contribution in [0, 0.1) is 6.92 Å².